The van der Waals surface area contributed by atoms with E-state index in [-0.39, 0.29) is 36.0 Å². The molecule has 6 rings (SSSR count). The first kappa shape index (κ1) is 26.4. The van der Waals surface area contributed by atoms with Crippen molar-refractivity contribution in [3.63, 3.8) is 0 Å². The summed E-state index contributed by atoms with van der Waals surface area (Å²) < 4.78 is 31.1. The number of halogens is 1. The molecule has 4 atom stereocenters. The third-order valence-electron chi connectivity index (χ3n) is 8.70. The van der Waals surface area contributed by atoms with Gasteiger partial charge in [-0.1, -0.05) is 48.5 Å². The van der Waals surface area contributed by atoms with E-state index in [0.717, 1.165) is 48.8 Å². The molecule has 0 spiro atoms. The Balaban J connectivity index is 1.16. The molecule has 3 unspecified atom stereocenters. The van der Waals surface area contributed by atoms with Crippen molar-refractivity contribution in [2.45, 2.75) is 31.2 Å². The van der Waals surface area contributed by atoms with Gasteiger partial charge in [0, 0.05) is 38.2 Å². The average Bonchev–Trinajstić information content (AvgIpc) is 3.60. The number of hydrogen-bond donors (Lipinski definition) is 0. The van der Waals surface area contributed by atoms with Crippen LogP contribution in [-0.4, -0.2) is 81.1 Å². The third kappa shape index (κ3) is 5.73. The standard InChI is InChI=1S/C32H37FN2O4/c1-37-20-27-21-38-32(39-27)30-19-35(31(36)29-8-4-6-24-5-2-3-7-28(24)29)18-25(30)17-34-15-13-23(14-16-34)22-9-11-26(33)12-10-22/h2-12,23,25,27,30,32H,13-21H2,1H3/t25?,27?,30?,32-/m0/s1. The Morgan fingerprint density at radius 2 is 1.77 bits per heavy atom. The number of hydrogen-bond acceptors (Lipinski definition) is 5. The second-order valence-electron chi connectivity index (χ2n) is 11.2. The van der Waals surface area contributed by atoms with Crippen molar-refractivity contribution in [1.29, 1.82) is 0 Å². The van der Waals surface area contributed by atoms with Crippen molar-refractivity contribution in [2.24, 2.45) is 11.8 Å². The first-order chi connectivity index (χ1) is 19.1. The molecule has 6 nitrogen and oxygen atoms in total. The fraction of sp³-hybridized carbons (Fsp3) is 0.469. The van der Waals surface area contributed by atoms with Crippen LogP contribution in [0.4, 0.5) is 4.39 Å². The minimum atomic E-state index is -0.336. The van der Waals surface area contributed by atoms with Crippen molar-refractivity contribution < 1.29 is 23.4 Å². The van der Waals surface area contributed by atoms with E-state index in [1.54, 1.807) is 19.2 Å². The van der Waals surface area contributed by atoms with Crippen molar-refractivity contribution in [3.05, 3.63) is 83.7 Å². The third-order valence-corrected chi connectivity index (χ3v) is 8.70. The summed E-state index contributed by atoms with van der Waals surface area (Å²) in [4.78, 5) is 18.4. The van der Waals surface area contributed by atoms with Crippen molar-refractivity contribution in [3.8, 4) is 0 Å². The van der Waals surface area contributed by atoms with Crippen molar-refractivity contribution in [2.75, 3.05) is 53.0 Å². The molecule has 3 aliphatic heterocycles. The topological polar surface area (TPSA) is 51.2 Å². The lowest BCUT2D eigenvalue weighted by Crippen LogP contribution is -2.40. The normalized spacial score (nSPS) is 26.5. The van der Waals surface area contributed by atoms with Gasteiger partial charge in [-0.15, -0.1) is 0 Å². The number of fused-ring (bicyclic) bond motifs is 1. The minimum absolute atomic E-state index is 0.0701. The zero-order chi connectivity index (χ0) is 26.8. The van der Waals surface area contributed by atoms with Crippen molar-refractivity contribution >= 4 is 16.7 Å². The highest BCUT2D eigenvalue weighted by molar-refractivity contribution is 6.07. The fourth-order valence-corrected chi connectivity index (χ4v) is 6.63. The van der Waals surface area contributed by atoms with Gasteiger partial charge < -0.3 is 24.0 Å². The minimum Gasteiger partial charge on any atom is -0.382 e. The molecule has 3 aromatic rings. The molecule has 7 heteroatoms. The molecule has 0 aromatic heterocycles. The molecule has 0 bridgehead atoms. The highest BCUT2D eigenvalue weighted by atomic mass is 19.1. The number of amides is 1. The Morgan fingerprint density at radius 1 is 1.00 bits per heavy atom. The number of carbonyl (C=O) groups excluding carboxylic acids is 1. The van der Waals surface area contributed by atoms with Gasteiger partial charge in [0.05, 0.1) is 13.2 Å². The molecular formula is C32H37FN2O4. The molecule has 0 radical (unpaired) electrons. The SMILES string of the molecule is COCC1CO[C@H](C2CN(C(=O)c3cccc4ccccc34)CC2CN2CCC(c3ccc(F)cc3)CC2)O1. The van der Waals surface area contributed by atoms with Crippen LogP contribution in [0.1, 0.15) is 34.7 Å². The number of rotatable bonds is 7. The van der Waals surface area contributed by atoms with Gasteiger partial charge in [-0.25, -0.2) is 4.39 Å². The number of benzene rings is 3. The monoisotopic (exact) mass is 532 g/mol. The Kier molecular flexibility index (Phi) is 7.93. The molecule has 3 aromatic carbocycles. The van der Waals surface area contributed by atoms with E-state index in [9.17, 15) is 9.18 Å². The van der Waals surface area contributed by atoms with E-state index in [1.807, 2.05) is 59.5 Å². The molecule has 3 heterocycles. The zero-order valence-electron chi connectivity index (χ0n) is 22.5. The van der Waals surface area contributed by atoms with Crippen LogP contribution in [0.5, 0.6) is 0 Å². The Bertz CT molecular complexity index is 1270. The van der Waals surface area contributed by atoms with Crippen LogP contribution in [0.25, 0.3) is 10.8 Å². The van der Waals surface area contributed by atoms with Gasteiger partial charge >= 0.3 is 0 Å². The summed E-state index contributed by atoms with van der Waals surface area (Å²) in [6.45, 7) is 5.19. The van der Waals surface area contributed by atoms with Crippen LogP contribution in [0, 0.1) is 17.7 Å². The quantitative estimate of drug-likeness (QED) is 0.432. The van der Waals surface area contributed by atoms with E-state index in [2.05, 4.69) is 4.90 Å². The van der Waals surface area contributed by atoms with E-state index in [0.29, 0.717) is 32.2 Å². The molecule has 3 fully saturated rings. The summed E-state index contributed by atoms with van der Waals surface area (Å²) in [5, 5.41) is 2.06. The maximum absolute atomic E-state index is 13.8. The molecule has 39 heavy (non-hydrogen) atoms. The number of piperidine rings is 1. The van der Waals surface area contributed by atoms with Gasteiger partial charge in [0.2, 0.25) is 0 Å². The van der Waals surface area contributed by atoms with Crippen LogP contribution in [0.2, 0.25) is 0 Å². The number of likely N-dealkylation sites (tertiary alicyclic amines) is 2. The van der Waals surface area contributed by atoms with Gasteiger partial charge in [0.1, 0.15) is 11.9 Å². The second kappa shape index (κ2) is 11.7. The van der Waals surface area contributed by atoms with Crippen LogP contribution >= 0.6 is 0 Å². The lowest BCUT2D eigenvalue weighted by molar-refractivity contribution is -0.111. The second-order valence-corrected chi connectivity index (χ2v) is 11.2. The fourth-order valence-electron chi connectivity index (χ4n) is 6.63. The van der Waals surface area contributed by atoms with Crippen LogP contribution in [-0.2, 0) is 14.2 Å². The van der Waals surface area contributed by atoms with Crippen LogP contribution in [0.15, 0.2) is 66.7 Å². The first-order valence-electron chi connectivity index (χ1n) is 14.1. The number of ether oxygens (including phenoxy) is 3. The molecule has 0 aliphatic carbocycles. The molecular weight excluding hydrogens is 495 g/mol. The van der Waals surface area contributed by atoms with E-state index in [1.165, 1.54) is 5.56 Å². The highest BCUT2D eigenvalue weighted by Crippen LogP contribution is 2.36. The predicted octanol–water partition coefficient (Wildman–Crippen LogP) is 4.93. The smallest absolute Gasteiger partial charge is 0.254 e. The van der Waals surface area contributed by atoms with Crippen LogP contribution < -0.4 is 0 Å². The lowest BCUT2D eigenvalue weighted by atomic mass is 9.88. The summed E-state index contributed by atoms with van der Waals surface area (Å²) in [5.41, 5.74) is 1.97. The summed E-state index contributed by atoms with van der Waals surface area (Å²) in [7, 11) is 1.68. The first-order valence-corrected chi connectivity index (χ1v) is 14.1. The maximum Gasteiger partial charge on any atom is 0.254 e. The molecule has 1 amide bonds. The largest absolute Gasteiger partial charge is 0.382 e. The van der Waals surface area contributed by atoms with E-state index >= 15 is 0 Å². The number of nitrogens with zero attached hydrogens (tertiary/aromatic N) is 2. The molecule has 3 aliphatic rings. The van der Waals surface area contributed by atoms with Crippen LogP contribution in [0.3, 0.4) is 0 Å². The summed E-state index contributed by atoms with van der Waals surface area (Å²) in [6.07, 6.45) is 1.69. The number of carbonyl (C=O) groups is 1. The molecule has 3 saturated heterocycles. The van der Waals surface area contributed by atoms with Gasteiger partial charge in [-0.3, -0.25) is 4.79 Å². The Morgan fingerprint density at radius 3 is 2.56 bits per heavy atom. The van der Waals surface area contributed by atoms with E-state index < -0.39 is 0 Å². The zero-order valence-corrected chi connectivity index (χ0v) is 22.5. The maximum atomic E-state index is 13.8. The lowest BCUT2D eigenvalue weighted by Gasteiger charge is -2.35. The summed E-state index contributed by atoms with van der Waals surface area (Å²) >= 11 is 0. The van der Waals surface area contributed by atoms with Gasteiger partial charge in [0.25, 0.3) is 5.91 Å². The highest BCUT2D eigenvalue weighted by Gasteiger charge is 2.45. The Hall–Kier alpha value is -2.84. The molecule has 0 N–H and O–H groups in total. The molecule has 206 valence electrons. The van der Waals surface area contributed by atoms with Gasteiger partial charge in [0.15, 0.2) is 6.29 Å². The predicted molar refractivity (Wildman–Crippen MR) is 148 cm³/mol. The number of methoxy groups -OCH3 is 1. The summed E-state index contributed by atoms with van der Waals surface area (Å²) in [6, 6.07) is 21.0. The van der Waals surface area contributed by atoms with Crippen molar-refractivity contribution in [1.82, 2.24) is 9.80 Å². The van der Waals surface area contributed by atoms with Gasteiger partial charge in [-0.2, -0.15) is 0 Å². The summed E-state index contributed by atoms with van der Waals surface area (Å²) in [5.74, 6) is 0.691. The average molecular weight is 533 g/mol. The van der Waals surface area contributed by atoms with E-state index in [4.69, 9.17) is 14.2 Å². The van der Waals surface area contributed by atoms with Gasteiger partial charge in [-0.05, 0) is 72.3 Å². The Labute approximate surface area is 229 Å². The molecule has 0 saturated carbocycles.